The molecule has 0 unspecified atom stereocenters. The predicted molar refractivity (Wildman–Crippen MR) is 76.9 cm³/mol. The van der Waals surface area contributed by atoms with Crippen LogP contribution in [0, 0.1) is 5.82 Å². The third kappa shape index (κ3) is 2.86. The summed E-state index contributed by atoms with van der Waals surface area (Å²) in [6.45, 7) is 0.409. The zero-order valence-electron chi connectivity index (χ0n) is 11.4. The molecule has 0 spiro atoms. The minimum absolute atomic E-state index is 0.192. The Morgan fingerprint density at radius 1 is 1.29 bits per heavy atom. The number of anilines is 1. The molecule has 2 N–H and O–H groups in total. The standard InChI is InChI=1S/C16H15FN2O2/c17-12-6-4-10(5-7-12)9-18-15-13(16(20)21)8-11-2-1-3-14(11)19-15/h4-8H,1-3,9H2,(H,18,19)(H,20,21). The van der Waals surface area contributed by atoms with E-state index in [2.05, 4.69) is 10.3 Å². The Labute approximate surface area is 121 Å². The number of pyridine rings is 1. The fourth-order valence-corrected chi connectivity index (χ4v) is 2.56. The van der Waals surface area contributed by atoms with Crippen molar-refractivity contribution in [2.75, 3.05) is 5.32 Å². The summed E-state index contributed by atoms with van der Waals surface area (Å²) in [5, 5.41) is 12.3. The fourth-order valence-electron chi connectivity index (χ4n) is 2.56. The highest BCUT2D eigenvalue weighted by Gasteiger charge is 2.19. The van der Waals surface area contributed by atoms with Crippen LogP contribution in [0.2, 0.25) is 0 Å². The minimum atomic E-state index is -0.987. The Morgan fingerprint density at radius 3 is 2.76 bits per heavy atom. The van der Waals surface area contributed by atoms with Gasteiger partial charge in [0.25, 0.3) is 0 Å². The van der Waals surface area contributed by atoms with Crippen LogP contribution in [-0.2, 0) is 19.4 Å². The van der Waals surface area contributed by atoms with Crippen LogP contribution in [0.1, 0.15) is 33.6 Å². The van der Waals surface area contributed by atoms with E-state index in [4.69, 9.17) is 0 Å². The van der Waals surface area contributed by atoms with E-state index >= 15 is 0 Å². The second kappa shape index (κ2) is 5.52. The smallest absolute Gasteiger partial charge is 0.339 e. The van der Waals surface area contributed by atoms with Gasteiger partial charge < -0.3 is 10.4 Å². The van der Waals surface area contributed by atoms with Gasteiger partial charge in [0, 0.05) is 12.2 Å². The SMILES string of the molecule is O=C(O)c1cc2c(nc1NCc1ccc(F)cc1)CCC2. The third-order valence-electron chi connectivity index (χ3n) is 3.65. The van der Waals surface area contributed by atoms with Crippen LogP contribution in [0.3, 0.4) is 0 Å². The Hall–Kier alpha value is -2.43. The van der Waals surface area contributed by atoms with E-state index in [1.54, 1.807) is 18.2 Å². The molecular weight excluding hydrogens is 271 g/mol. The highest BCUT2D eigenvalue weighted by atomic mass is 19.1. The molecule has 1 aromatic carbocycles. The molecule has 3 rings (SSSR count). The molecule has 0 amide bonds. The number of halogens is 1. The number of nitrogens with zero attached hydrogens (tertiary/aromatic N) is 1. The summed E-state index contributed by atoms with van der Waals surface area (Å²) < 4.78 is 12.9. The maximum absolute atomic E-state index is 12.9. The summed E-state index contributed by atoms with van der Waals surface area (Å²) in [4.78, 5) is 15.8. The first kappa shape index (κ1) is 13.5. The van der Waals surface area contributed by atoms with Crippen LogP contribution in [0.15, 0.2) is 30.3 Å². The molecule has 1 aromatic heterocycles. The van der Waals surface area contributed by atoms with Crippen molar-refractivity contribution in [2.45, 2.75) is 25.8 Å². The topological polar surface area (TPSA) is 62.2 Å². The molecule has 0 saturated heterocycles. The lowest BCUT2D eigenvalue weighted by atomic mass is 10.1. The normalized spacial score (nSPS) is 13.0. The molecule has 21 heavy (non-hydrogen) atoms. The number of hydrogen-bond acceptors (Lipinski definition) is 3. The van der Waals surface area contributed by atoms with E-state index in [9.17, 15) is 14.3 Å². The van der Waals surface area contributed by atoms with Crippen molar-refractivity contribution in [1.82, 2.24) is 4.98 Å². The fraction of sp³-hybridized carbons (Fsp3) is 0.250. The number of aromatic nitrogens is 1. The number of carboxylic acid groups (broad SMARTS) is 1. The molecule has 0 aliphatic heterocycles. The van der Waals surface area contributed by atoms with Crippen LogP contribution in [0.25, 0.3) is 0 Å². The van der Waals surface area contributed by atoms with E-state index in [1.807, 2.05) is 0 Å². The molecule has 1 aliphatic rings. The van der Waals surface area contributed by atoms with Gasteiger partial charge in [-0.15, -0.1) is 0 Å². The number of aromatic carboxylic acids is 1. The zero-order valence-corrected chi connectivity index (χ0v) is 11.4. The molecule has 0 radical (unpaired) electrons. The largest absolute Gasteiger partial charge is 0.478 e. The van der Waals surface area contributed by atoms with Crippen molar-refractivity contribution in [3.63, 3.8) is 0 Å². The number of fused-ring (bicyclic) bond motifs is 1. The quantitative estimate of drug-likeness (QED) is 0.907. The summed E-state index contributed by atoms with van der Waals surface area (Å²) in [6.07, 6.45) is 2.80. The van der Waals surface area contributed by atoms with E-state index in [0.717, 1.165) is 36.1 Å². The van der Waals surface area contributed by atoms with Gasteiger partial charge >= 0.3 is 5.97 Å². The average Bonchev–Trinajstić information content (AvgIpc) is 2.92. The number of carboxylic acids is 1. The number of aryl methyl sites for hydroxylation is 2. The van der Waals surface area contributed by atoms with Gasteiger partial charge in [0.15, 0.2) is 0 Å². The van der Waals surface area contributed by atoms with Gasteiger partial charge in [-0.05, 0) is 48.6 Å². The summed E-state index contributed by atoms with van der Waals surface area (Å²) in [7, 11) is 0. The van der Waals surface area contributed by atoms with E-state index in [-0.39, 0.29) is 11.4 Å². The lowest BCUT2D eigenvalue weighted by molar-refractivity contribution is 0.0697. The second-order valence-corrected chi connectivity index (χ2v) is 5.13. The highest BCUT2D eigenvalue weighted by molar-refractivity contribution is 5.93. The van der Waals surface area contributed by atoms with Crippen molar-refractivity contribution in [2.24, 2.45) is 0 Å². The molecule has 0 saturated carbocycles. The average molecular weight is 286 g/mol. The minimum Gasteiger partial charge on any atom is -0.478 e. The van der Waals surface area contributed by atoms with Gasteiger partial charge in [0.2, 0.25) is 0 Å². The Morgan fingerprint density at radius 2 is 2.05 bits per heavy atom. The van der Waals surface area contributed by atoms with Gasteiger partial charge in [-0.2, -0.15) is 0 Å². The summed E-state index contributed by atoms with van der Waals surface area (Å²) in [5.41, 5.74) is 3.06. The molecule has 0 fully saturated rings. The highest BCUT2D eigenvalue weighted by Crippen LogP contribution is 2.25. The van der Waals surface area contributed by atoms with Crippen LogP contribution in [-0.4, -0.2) is 16.1 Å². The molecule has 0 bridgehead atoms. The lowest BCUT2D eigenvalue weighted by Gasteiger charge is -2.11. The van der Waals surface area contributed by atoms with Crippen molar-refractivity contribution in [3.8, 4) is 0 Å². The molecule has 1 heterocycles. The Kier molecular flexibility index (Phi) is 3.56. The Balaban J connectivity index is 1.84. The second-order valence-electron chi connectivity index (χ2n) is 5.13. The molecular formula is C16H15FN2O2. The monoisotopic (exact) mass is 286 g/mol. The first-order valence-corrected chi connectivity index (χ1v) is 6.88. The zero-order chi connectivity index (χ0) is 14.8. The number of benzene rings is 1. The van der Waals surface area contributed by atoms with Crippen molar-refractivity contribution < 1.29 is 14.3 Å². The van der Waals surface area contributed by atoms with Crippen LogP contribution < -0.4 is 5.32 Å². The van der Waals surface area contributed by atoms with Crippen molar-refractivity contribution in [1.29, 1.82) is 0 Å². The summed E-state index contributed by atoms with van der Waals surface area (Å²) >= 11 is 0. The van der Waals surface area contributed by atoms with Gasteiger partial charge in [-0.1, -0.05) is 12.1 Å². The van der Waals surface area contributed by atoms with E-state index in [1.165, 1.54) is 12.1 Å². The van der Waals surface area contributed by atoms with Gasteiger partial charge in [0.1, 0.15) is 17.2 Å². The maximum atomic E-state index is 12.9. The summed E-state index contributed by atoms with van der Waals surface area (Å²) in [5.74, 6) is -0.896. The first-order chi connectivity index (χ1) is 10.1. The number of rotatable bonds is 4. The third-order valence-corrected chi connectivity index (χ3v) is 3.65. The van der Waals surface area contributed by atoms with Crippen molar-refractivity contribution >= 4 is 11.8 Å². The Bertz CT molecular complexity index is 683. The molecule has 108 valence electrons. The van der Waals surface area contributed by atoms with Crippen LogP contribution in [0.5, 0.6) is 0 Å². The predicted octanol–water partition coefficient (Wildman–Crippen LogP) is 3.02. The molecule has 2 aromatic rings. The number of carbonyl (C=O) groups is 1. The molecule has 5 heteroatoms. The molecule has 1 aliphatic carbocycles. The molecule has 0 atom stereocenters. The van der Waals surface area contributed by atoms with Gasteiger partial charge in [-0.25, -0.2) is 14.2 Å². The van der Waals surface area contributed by atoms with Gasteiger partial charge in [-0.3, -0.25) is 0 Å². The maximum Gasteiger partial charge on any atom is 0.339 e. The molecule has 4 nitrogen and oxygen atoms in total. The van der Waals surface area contributed by atoms with Crippen LogP contribution >= 0.6 is 0 Å². The number of nitrogens with one attached hydrogen (secondary N) is 1. The van der Waals surface area contributed by atoms with E-state index < -0.39 is 5.97 Å². The number of hydrogen-bond donors (Lipinski definition) is 2. The first-order valence-electron chi connectivity index (χ1n) is 6.88. The van der Waals surface area contributed by atoms with Gasteiger partial charge in [0.05, 0.1) is 0 Å². The summed E-state index contributed by atoms with van der Waals surface area (Å²) in [6, 6.07) is 7.80. The van der Waals surface area contributed by atoms with Crippen molar-refractivity contribution in [3.05, 3.63) is 58.5 Å². The lowest BCUT2D eigenvalue weighted by Crippen LogP contribution is -2.10. The van der Waals surface area contributed by atoms with E-state index in [0.29, 0.717) is 12.4 Å². The van der Waals surface area contributed by atoms with Crippen LogP contribution in [0.4, 0.5) is 10.2 Å².